The molecule has 2 unspecified atom stereocenters. The van der Waals surface area contributed by atoms with Crippen molar-refractivity contribution < 1.29 is 14.6 Å². The summed E-state index contributed by atoms with van der Waals surface area (Å²) in [4.78, 5) is 0. The van der Waals surface area contributed by atoms with Crippen molar-refractivity contribution in [2.75, 3.05) is 13.2 Å². The topological polar surface area (TPSA) is 38.7 Å². The molecule has 13 heavy (non-hydrogen) atoms. The Bertz CT molecular complexity index is 202. The number of aliphatic hydroxyl groups is 1. The van der Waals surface area contributed by atoms with Crippen molar-refractivity contribution in [2.45, 2.75) is 37.6 Å². The van der Waals surface area contributed by atoms with Crippen LogP contribution in [0.3, 0.4) is 0 Å². The van der Waals surface area contributed by atoms with E-state index in [1.165, 1.54) is 0 Å². The monoisotopic (exact) mass is 184 g/mol. The van der Waals surface area contributed by atoms with Crippen LogP contribution in [0.4, 0.5) is 0 Å². The summed E-state index contributed by atoms with van der Waals surface area (Å²) in [6, 6.07) is 0. The summed E-state index contributed by atoms with van der Waals surface area (Å²) >= 11 is 0. The highest BCUT2D eigenvalue weighted by atomic mass is 16.7. The Kier molecular flexibility index (Phi) is 2.67. The number of fused-ring (bicyclic) bond motifs is 2. The highest BCUT2D eigenvalue weighted by Gasteiger charge is 2.40. The van der Waals surface area contributed by atoms with Crippen molar-refractivity contribution in [3.05, 3.63) is 12.2 Å². The fraction of sp³-hybridized carbons (Fsp3) is 0.800. The smallest absolute Gasteiger partial charge is 0.171 e. The summed E-state index contributed by atoms with van der Waals surface area (Å²) < 4.78 is 11.4. The molecule has 0 amide bonds. The molecule has 1 saturated heterocycles. The Hall–Kier alpha value is -0.380. The number of rotatable bonds is 2. The molecule has 0 aromatic heterocycles. The maximum absolute atomic E-state index is 8.92. The Balaban J connectivity index is 2.06. The van der Waals surface area contributed by atoms with Gasteiger partial charge < -0.3 is 14.6 Å². The summed E-state index contributed by atoms with van der Waals surface area (Å²) in [6.45, 7) is 0.806. The third kappa shape index (κ3) is 1.93. The van der Waals surface area contributed by atoms with Crippen LogP contribution in [0.25, 0.3) is 0 Å². The van der Waals surface area contributed by atoms with Crippen molar-refractivity contribution in [3.63, 3.8) is 0 Å². The average Bonchev–Trinajstić information content (AvgIpc) is 2.48. The van der Waals surface area contributed by atoms with Gasteiger partial charge in [0.05, 0.1) is 12.7 Å². The van der Waals surface area contributed by atoms with Gasteiger partial charge >= 0.3 is 0 Å². The molecule has 3 heteroatoms. The zero-order chi connectivity index (χ0) is 9.15. The van der Waals surface area contributed by atoms with E-state index in [1.807, 2.05) is 0 Å². The molecule has 1 N–H and O–H groups in total. The van der Waals surface area contributed by atoms with Crippen molar-refractivity contribution in [3.8, 4) is 0 Å². The van der Waals surface area contributed by atoms with Crippen LogP contribution in [0.1, 0.15) is 25.7 Å². The van der Waals surface area contributed by atoms with Crippen LogP contribution in [0, 0.1) is 0 Å². The molecule has 0 aromatic rings. The van der Waals surface area contributed by atoms with E-state index in [0.29, 0.717) is 13.0 Å². The third-order valence-corrected chi connectivity index (χ3v) is 2.66. The second-order valence-corrected chi connectivity index (χ2v) is 3.68. The van der Waals surface area contributed by atoms with E-state index in [9.17, 15) is 0 Å². The van der Waals surface area contributed by atoms with E-state index in [4.69, 9.17) is 14.6 Å². The number of allylic oxidation sites excluding steroid dienone is 1. The first-order valence-corrected chi connectivity index (χ1v) is 4.92. The quantitative estimate of drug-likeness (QED) is 0.656. The van der Waals surface area contributed by atoms with Crippen LogP contribution in [0.5, 0.6) is 0 Å². The summed E-state index contributed by atoms with van der Waals surface area (Å²) in [5.41, 5.74) is 0. The first-order valence-electron chi connectivity index (χ1n) is 4.92. The lowest BCUT2D eigenvalue weighted by molar-refractivity contribution is -0.181. The predicted octanol–water partition coefficient (Wildman–Crippen LogP) is 1.22. The minimum Gasteiger partial charge on any atom is -0.396 e. The molecule has 0 aliphatic carbocycles. The maximum Gasteiger partial charge on any atom is 0.171 e. The van der Waals surface area contributed by atoms with Gasteiger partial charge in [-0.1, -0.05) is 12.2 Å². The lowest BCUT2D eigenvalue weighted by Gasteiger charge is -2.27. The van der Waals surface area contributed by atoms with Gasteiger partial charge in [-0.2, -0.15) is 0 Å². The standard InChI is InChI=1S/C10H16O3/c11-7-6-10-5-3-1-2-4-9(13-10)8-12-10/h1-2,9,11H,3-8H2/b2-1-. The van der Waals surface area contributed by atoms with Crippen molar-refractivity contribution in [2.24, 2.45) is 0 Å². The highest BCUT2D eigenvalue weighted by Crippen LogP contribution is 2.34. The van der Waals surface area contributed by atoms with Crippen molar-refractivity contribution >= 4 is 0 Å². The molecule has 2 rings (SSSR count). The van der Waals surface area contributed by atoms with E-state index in [1.54, 1.807) is 0 Å². The minimum atomic E-state index is -0.482. The fourth-order valence-corrected chi connectivity index (χ4v) is 1.96. The molecule has 2 bridgehead atoms. The maximum atomic E-state index is 8.92. The lowest BCUT2D eigenvalue weighted by atomic mass is 10.1. The fourth-order valence-electron chi connectivity index (χ4n) is 1.96. The molecular formula is C10H16O3. The molecule has 2 aliphatic rings. The van der Waals surface area contributed by atoms with Gasteiger partial charge in [0.15, 0.2) is 5.79 Å². The molecule has 74 valence electrons. The van der Waals surface area contributed by atoms with Crippen LogP contribution >= 0.6 is 0 Å². The zero-order valence-corrected chi connectivity index (χ0v) is 7.74. The van der Waals surface area contributed by atoms with Gasteiger partial charge in [-0.25, -0.2) is 0 Å². The first kappa shape index (κ1) is 9.19. The van der Waals surface area contributed by atoms with E-state index < -0.39 is 5.79 Å². The zero-order valence-electron chi connectivity index (χ0n) is 7.74. The van der Waals surface area contributed by atoms with Crippen LogP contribution in [0.15, 0.2) is 12.2 Å². The summed E-state index contributed by atoms with van der Waals surface area (Å²) in [6.07, 6.45) is 7.90. The van der Waals surface area contributed by atoms with Crippen LogP contribution < -0.4 is 0 Å². The van der Waals surface area contributed by atoms with Gasteiger partial charge in [0.2, 0.25) is 0 Å². The second-order valence-electron chi connectivity index (χ2n) is 3.68. The van der Waals surface area contributed by atoms with Crippen molar-refractivity contribution in [1.82, 2.24) is 0 Å². The van der Waals surface area contributed by atoms with Gasteiger partial charge in [0.25, 0.3) is 0 Å². The normalized spacial score (nSPS) is 41.2. The van der Waals surface area contributed by atoms with Crippen LogP contribution in [-0.4, -0.2) is 30.2 Å². The molecule has 2 aliphatic heterocycles. The summed E-state index contributed by atoms with van der Waals surface area (Å²) in [5, 5.41) is 8.92. The van der Waals surface area contributed by atoms with Crippen LogP contribution in [0.2, 0.25) is 0 Å². The van der Waals surface area contributed by atoms with E-state index in [-0.39, 0.29) is 12.7 Å². The number of hydrogen-bond donors (Lipinski definition) is 1. The summed E-state index contributed by atoms with van der Waals surface area (Å²) in [7, 11) is 0. The van der Waals surface area contributed by atoms with E-state index in [2.05, 4.69) is 12.2 Å². The molecule has 2 heterocycles. The van der Waals surface area contributed by atoms with Gasteiger partial charge in [-0.15, -0.1) is 0 Å². The molecule has 1 fully saturated rings. The molecule has 0 radical (unpaired) electrons. The Morgan fingerprint density at radius 3 is 3.23 bits per heavy atom. The molecule has 0 spiro atoms. The highest BCUT2D eigenvalue weighted by molar-refractivity contribution is 4.93. The SMILES string of the molecule is OCCC12CC/C=C\CC(CO1)O2. The average molecular weight is 184 g/mol. The molecule has 2 atom stereocenters. The Morgan fingerprint density at radius 1 is 1.46 bits per heavy atom. The second kappa shape index (κ2) is 3.78. The number of ether oxygens (including phenoxy) is 2. The first-order chi connectivity index (χ1) is 6.35. The largest absolute Gasteiger partial charge is 0.396 e. The minimum absolute atomic E-state index is 0.135. The predicted molar refractivity (Wildman–Crippen MR) is 48.2 cm³/mol. The molecular weight excluding hydrogens is 168 g/mol. The Labute approximate surface area is 78.3 Å². The van der Waals surface area contributed by atoms with E-state index >= 15 is 0 Å². The van der Waals surface area contributed by atoms with Gasteiger partial charge in [0, 0.05) is 19.4 Å². The van der Waals surface area contributed by atoms with Gasteiger partial charge in [-0.05, 0) is 12.8 Å². The van der Waals surface area contributed by atoms with Crippen LogP contribution in [-0.2, 0) is 9.47 Å². The van der Waals surface area contributed by atoms with Gasteiger partial charge in [0.1, 0.15) is 0 Å². The molecule has 3 nitrogen and oxygen atoms in total. The number of aliphatic hydroxyl groups excluding tert-OH is 1. The third-order valence-electron chi connectivity index (χ3n) is 2.66. The van der Waals surface area contributed by atoms with E-state index in [0.717, 1.165) is 19.3 Å². The van der Waals surface area contributed by atoms with Crippen molar-refractivity contribution in [1.29, 1.82) is 0 Å². The molecule has 0 saturated carbocycles. The van der Waals surface area contributed by atoms with Gasteiger partial charge in [-0.3, -0.25) is 0 Å². The summed E-state index contributed by atoms with van der Waals surface area (Å²) in [5.74, 6) is -0.482. The molecule has 0 aromatic carbocycles. The number of hydrogen-bond acceptors (Lipinski definition) is 3. The lowest BCUT2D eigenvalue weighted by Crippen LogP contribution is -2.32. The Morgan fingerprint density at radius 2 is 2.38 bits per heavy atom.